The Bertz CT molecular complexity index is 524. The van der Waals surface area contributed by atoms with Crippen LogP contribution in [0.4, 0.5) is 5.69 Å². The van der Waals surface area contributed by atoms with Crippen molar-refractivity contribution in [1.29, 1.82) is 0 Å². The Labute approximate surface area is 126 Å². The summed E-state index contributed by atoms with van der Waals surface area (Å²) >= 11 is 0. The zero-order valence-electron chi connectivity index (χ0n) is 13.3. The number of nitrogens with one attached hydrogen (secondary N) is 1. The number of carbonyl (C=O) groups is 1. The molecule has 0 unspecified atom stereocenters. The molecular formula is C17H25N3O. The molecule has 3 heterocycles. The number of piperidine rings is 1. The molecule has 2 fully saturated rings. The van der Waals surface area contributed by atoms with Crippen molar-refractivity contribution in [2.24, 2.45) is 5.41 Å². The van der Waals surface area contributed by atoms with Gasteiger partial charge >= 0.3 is 0 Å². The SMILES string of the molecule is CC(C)(C)c1ccc(N2CCC3(CCNCC3)C2=O)cn1. The second kappa shape index (κ2) is 5.09. The Morgan fingerprint density at radius 1 is 1.19 bits per heavy atom. The van der Waals surface area contributed by atoms with Crippen LogP contribution in [0.2, 0.25) is 0 Å². The van der Waals surface area contributed by atoms with Crippen LogP contribution in [0.3, 0.4) is 0 Å². The average molecular weight is 287 g/mol. The van der Waals surface area contributed by atoms with Gasteiger partial charge in [0.1, 0.15) is 0 Å². The molecule has 4 nitrogen and oxygen atoms in total. The molecule has 0 atom stereocenters. The summed E-state index contributed by atoms with van der Waals surface area (Å²) in [6.45, 7) is 9.21. The highest BCUT2D eigenvalue weighted by Gasteiger charge is 2.47. The summed E-state index contributed by atoms with van der Waals surface area (Å²) < 4.78 is 0. The van der Waals surface area contributed by atoms with Gasteiger partial charge in [-0.25, -0.2) is 0 Å². The van der Waals surface area contributed by atoms with Crippen molar-refractivity contribution in [2.45, 2.75) is 45.4 Å². The van der Waals surface area contributed by atoms with Crippen molar-refractivity contribution in [3.05, 3.63) is 24.0 Å². The maximum atomic E-state index is 12.8. The molecule has 4 heteroatoms. The second-order valence-corrected chi connectivity index (χ2v) is 7.39. The fraction of sp³-hybridized carbons (Fsp3) is 0.647. The van der Waals surface area contributed by atoms with Gasteiger partial charge in [-0.3, -0.25) is 9.78 Å². The van der Waals surface area contributed by atoms with Crippen LogP contribution in [0.25, 0.3) is 0 Å². The quantitative estimate of drug-likeness (QED) is 0.863. The molecule has 1 aromatic heterocycles. The van der Waals surface area contributed by atoms with Crippen molar-refractivity contribution in [3.63, 3.8) is 0 Å². The van der Waals surface area contributed by atoms with Crippen LogP contribution < -0.4 is 10.2 Å². The Kier molecular flexibility index (Phi) is 3.52. The number of carbonyl (C=O) groups excluding carboxylic acids is 1. The highest BCUT2D eigenvalue weighted by atomic mass is 16.2. The molecule has 3 rings (SSSR count). The third kappa shape index (κ3) is 2.57. The normalized spacial score (nSPS) is 22.0. The largest absolute Gasteiger partial charge is 0.317 e. The summed E-state index contributed by atoms with van der Waals surface area (Å²) in [6.07, 6.45) is 4.78. The van der Waals surface area contributed by atoms with Crippen LogP contribution in [0.5, 0.6) is 0 Å². The Morgan fingerprint density at radius 2 is 1.90 bits per heavy atom. The van der Waals surface area contributed by atoms with E-state index in [9.17, 15) is 4.79 Å². The molecule has 1 spiro atoms. The van der Waals surface area contributed by atoms with Gasteiger partial charge in [0.05, 0.1) is 17.3 Å². The Hall–Kier alpha value is -1.42. The number of hydrogen-bond acceptors (Lipinski definition) is 3. The van der Waals surface area contributed by atoms with Crippen LogP contribution >= 0.6 is 0 Å². The monoisotopic (exact) mass is 287 g/mol. The van der Waals surface area contributed by atoms with Gasteiger partial charge < -0.3 is 10.2 Å². The van der Waals surface area contributed by atoms with Crippen LogP contribution in [-0.4, -0.2) is 30.5 Å². The van der Waals surface area contributed by atoms with Crippen LogP contribution in [-0.2, 0) is 10.2 Å². The van der Waals surface area contributed by atoms with Crippen LogP contribution in [0.1, 0.15) is 45.7 Å². The molecule has 2 aliphatic rings. The first-order valence-electron chi connectivity index (χ1n) is 7.92. The van der Waals surface area contributed by atoms with Gasteiger partial charge in [-0.15, -0.1) is 0 Å². The number of hydrogen-bond donors (Lipinski definition) is 1. The summed E-state index contributed by atoms with van der Waals surface area (Å²) in [6, 6.07) is 4.10. The van der Waals surface area contributed by atoms with E-state index in [2.05, 4.69) is 37.1 Å². The number of amides is 1. The van der Waals surface area contributed by atoms with E-state index in [-0.39, 0.29) is 10.8 Å². The third-order valence-electron chi connectivity index (χ3n) is 4.90. The van der Waals surface area contributed by atoms with E-state index in [0.29, 0.717) is 5.91 Å². The molecule has 2 aliphatic heterocycles. The van der Waals surface area contributed by atoms with Crippen molar-refractivity contribution in [3.8, 4) is 0 Å². The zero-order valence-corrected chi connectivity index (χ0v) is 13.3. The van der Waals surface area contributed by atoms with E-state index in [1.807, 2.05) is 17.2 Å². The van der Waals surface area contributed by atoms with Gasteiger partial charge in [0.25, 0.3) is 0 Å². The molecule has 114 valence electrons. The minimum atomic E-state index is -0.117. The minimum Gasteiger partial charge on any atom is -0.317 e. The Balaban J connectivity index is 1.80. The molecule has 0 bridgehead atoms. The lowest BCUT2D eigenvalue weighted by Crippen LogP contribution is -2.42. The third-order valence-corrected chi connectivity index (χ3v) is 4.90. The lowest BCUT2D eigenvalue weighted by atomic mass is 9.78. The maximum absolute atomic E-state index is 12.8. The maximum Gasteiger partial charge on any atom is 0.233 e. The molecular weight excluding hydrogens is 262 g/mol. The number of pyridine rings is 1. The van der Waals surface area contributed by atoms with Crippen molar-refractivity contribution in [2.75, 3.05) is 24.5 Å². The van der Waals surface area contributed by atoms with E-state index < -0.39 is 0 Å². The molecule has 1 N–H and O–H groups in total. The van der Waals surface area contributed by atoms with E-state index in [4.69, 9.17) is 0 Å². The van der Waals surface area contributed by atoms with Crippen molar-refractivity contribution < 1.29 is 4.79 Å². The first kappa shape index (κ1) is 14.5. The first-order chi connectivity index (χ1) is 9.92. The first-order valence-corrected chi connectivity index (χ1v) is 7.92. The average Bonchev–Trinajstić information content (AvgIpc) is 2.76. The lowest BCUT2D eigenvalue weighted by Gasteiger charge is -2.32. The van der Waals surface area contributed by atoms with Crippen molar-refractivity contribution in [1.82, 2.24) is 10.3 Å². The molecule has 21 heavy (non-hydrogen) atoms. The molecule has 0 radical (unpaired) electrons. The summed E-state index contributed by atoms with van der Waals surface area (Å²) in [5.74, 6) is 0.300. The smallest absolute Gasteiger partial charge is 0.233 e. The minimum absolute atomic E-state index is 0.0454. The highest BCUT2D eigenvalue weighted by Crippen LogP contribution is 2.41. The van der Waals surface area contributed by atoms with Gasteiger partial charge in [-0.05, 0) is 44.5 Å². The van der Waals surface area contributed by atoms with E-state index in [0.717, 1.165) is 50.3 Å². The van der Waals surface area contributed by atoms with Gasteiger partial charge in [0, 0.05) is 17.7 Å². The van der Waals surface area contributed by atoms with E-state index in [1.54, 1.807) is 0 Å². The Morgan fingerprint density at radius 3 is 2.48 bits per heavy atom. The van der Waals surface area contributed by atoms with Gasteiger partial charge in [-0.2, -0.15) is 0 Å². The van der Waals surface area contributed by atoms with Crippen LogP contribution in [0.15, 0.2) is 18.3 Å². The fourth-order valence-corrected chi connectivity index (χ4v) is 3.43. The predicted octanol–water partition coefficient (Wildman–Crippen LogP) is 2.49. The number of rotatable bonds is 1. The van der Waals surface area contributed by atoms with Crippen LogP contribution in [0, 0.1) is 5.41 Å². The molecule has 0 aromatic carbocycles. The standard InChI is InChI=1S/C17H25N3O/c1-16(2,3)14-5-4-13(12-19-14)20-11-8-17(15(20)21)6-9-18-10-7-17/h4-5,12,18H,6-11H2,1-3H3. The molecule has 0 saturated carbocycles. The van der Waals surface area contributed by atoms with Gasteiger partial charge in [0.15, 0.2) is 0 Å². The molecule has 0 aliphatic carbocycles. The van der Waals surface area contributed by atoms with Crippen molar-refractivity contribution >= 4 is 11.6 Å². The summed E-state index contributed by atoms with van der Waals surface area (Å²) in [7, 11) is 0. The number of anilines is 1. The van der Waals surface area contributed by atoms with Gasteiger partial charge in [-0.1, -0.05) is 20.8 Å². The fourth-order valence-electron chi connectivity index (χ4n) is 3.43. The summed E-state index contributed by atoms with van der Waals surface area (Å²) in [4.78, 5) is 19.3. The second-order valence-electron chi connectivity index (χ2n) is 7.39. The van der Waals surface area contributed by atoms with E-state index in [1.165, 1.54) is 0 Å². The number of nitrogens with zero attached hydrogens (tertiary/aromatic N) is 2. The molecule has 1 amide bonds. The lowest BCUT2D eigenvalue weighted by molar-refractivity contribution is -0.126. The molecule has 2 saturated heterocycles. The van der Waals surface area contributed by atoms with Gasteiger partial charge in [0.2, 0.25) is 5.91 Å². The highest BCUT2D eigenvalue weighted by molar-refractivity contribution is 5.99. The van der Waals surface area contributed by atoms with E-state index >= 15 is 0 Å². The predicted molar refractivity (Wildman–Crippen MR) is 84.4 cm³/mol. The number of aromatic nitrogens is 1. The topological polar surface area (TPSA) is 45.2 Å². The molecule has 1 aromatic rings. The summed E-state index contributed by atoms with van der Waals surface area (Å²) in [5.41, 5.74) is 1.94. The summed E-state index contributed by atoms with van der Waals surface area (Å²) in [5, 5.41) is 3.35. The zero-order chi connectivity index (χ0) is 15.1.